The third kappa shape index (κ3) is 2.54. The van der Waals surface area contributed by atoms with Gasteiger partial charge in [-0.3, -0.25) is 4.79 Å². The summed E-state index contributed by atoms with van der Waals surface area (Å²) in [5.74, 6) is -0.0253. The fourth-order valence-electron chi connectivity index (χ4n) is 1.83. The van der Waals surface area contributed by atoms with Gasteiger partial charge in [-0.25, -0.2) is 9.37 Å². The Morgan fingerprint density at radius 1 is 1.59 bits per heavy atom. The summed E-state index contributed by atoms with van der Waals surface area (Å²) in [7, 11) is 0. The first kappa shape index (κ1) is 11.8. The van der Waals surface area contributed by atoms with Gasteiger partial charge in [-0.2, -0.15) is 0 Å². The van der Waals surface area contributed by atoms with Crippen LogP contribution in [0.5, 0.6) is 0 Å². The Balaban J connectivity index is 1.91. The predicted octanol–water partition coefficient (Wildman–Crippen LogP) is 1.18. The molecular weight excluding hydrogens is 221 g/mol. The molecule has 0 radical (unpaired) electrons. The number of halogens is 1. The minimum absolute atomic E-state index is 0.0348. The number of carbonyl (C=O) groups excluding carboxylic acids is 1. The van der Waals surface area contributed by atoms with Gasteiger partial charge in [0.05, 0.1) is 5.92 Å². The van der Waals surface area contributed by atoms with Crippen LogP contribution in [0.25, 0.3) is 0 Å². The summed E-state index contributed by atoms with van der Waals surface area (Å²) in [4.78, 5) is 17.4. The number of amides is 1. The molecule has 5 heteroatoms. The minimum Gasteiger partial charge on any atom is -0.354 e. The number of aromatic nitrogens is 1. The van der Waals surface area contributed by atoms with E-state index in [1.165, 1.54) is 6.07 Å². The number of pyridine rings is 1. The van der Waals surface area contributed by atoms with Crippen molar-refractivity contribution >= 4 is 11.7 Å². The molecule has 1 aliphatic heterocycles. The van der Waals surface area contributed by atoms with Gasteiger partial charge >= 0.3 is 0 Å². The number of anilines is 1. The molecule has 0 bridgehead atoms. The molecule has 1 aromatic rings. The van der Waals surface area contributed by atoms with Crippen LogP contribution in [-0.2, 0) is 4.79 Å². The number of carbonyl (C=O) groups is 1. The average Bonchev–Trinajstić information content (AvgIpc) is 2.17. The Morgan fingerprint density at radius 3 is 2.88 bits per heavy atom. The van der Waals surface area contributed by atoms with Crippen LogP contribution in [-0.4, -0.2) is 30.0 Å². The van der Waals surface area contributed by atoms with E-state index in [2.05, 4.69) is 10.3 Å². The van der Waals surface area contributed by atoms with Crippen molar-refractivity contribution in [2.24, 2.45) is 5.92 Å². The van der Waals surface area contributed by atoms with Gasteiger partial charge in [-0.15, -0.1) is 0 Å². The van der Waals surface area contributed by atoms with Crippen LogP contribution in [0.4, 0.5) is 10.2 Å². The lowest BCUT2D eigenvalue weighted by molar-refractivity contribution is -0.126. The SMILES string of the molecule is CC(C)NC(=O)C1CN(c2ncccc2F)C1. The summed E-state index contributed by atoms with van der Waals surface area (Å²) in [6.07, 6.45) is 1.56. The van der Waals surface area contributed by atoms with E-state index < -0.39 is 0 Å². The van der Waals surface area contributed by atoms with E-state index in [0.29, 0.717) is 18.9 Å². The van der Waals surface area contributed by atoms with E-state index in [0.717, 1.165) is 0 Å². The largest absolute Gasteiger partial charge is 0.354 e. The summed E-state index contributed by atoms with van der Waals surface area (Å²) >= 11 is 0. The fourth-order valence-corrected chi connectivity index (χ4v) is 1.83. The maximum atomic E-state index is 13.4. The maximum Gasteiger partial charge on any atom is 0.226 e. The Kier molecular flexibility index (Phi) is 3.26. The zero-order chi connectivity index (χ0) is 12.4. The second-order valence-electron chi connectivity index (χ2n) is 4.57. The first-order chi connectivity index (χ1) is 8.08. The van der Waals surface area contributed by atoms with Gasteiger partial charge in [0.15, 0.2) is 11.6 Å². The Hall–Kier alpha value is -1.65. The highest BCUT2D eigenvalue weighted by Gasteiger charge is 2.34. The van der Waals surface area contributed by atoms with Crippen LogP contribution < -0.4 is 10.2 Å². The predicted molar refractivity (Wildman–Crippen MR) is 63.2 cm³/mol. The highest BCUT2D eigenvalue weighted by Crippen LogP contribution is 2.24. The maximum absolute atomic E-state index is 13.4. The van der Waals surface area contributed by atoms with E-state index in [1.807, 2.05) is 13.8 Å². The molecule has 17 heavy (non-hydrogen) atoms. The van der Waals surface area contributed by atoms with Gasteiger partial charge < -0.3 is 10.2 Å². The second kappa shape index (κ2) is 4.69. The van der Waals surface area contributed by atoms with Crippen molar-refractivity contribution in [2.75, 3.05) is 18.0 Å². The van der Waals surface area contributed by atoms with Crippen molar-refractivity contribution in [1.29, 1.82) is 0 Å². The second-order valence-corrected chi connectivity index (χ2v) is 4.57. The van der Waals surface area contributed by atoms with Crippen molar-refractivity contribution in [1.82, 2.24) is 10.3 Å². The molecule has 1 saturated heterocycles. The lowest BCUT2D eigenvalue weighted by Crippen LogP contribution is -2.55. The van der Waals surface area contributed by atoms with Gasteiger partial charge in [-0.05, 0) is 26.0 Å². The number of rotatable bonds is 3. The molecule has 1 aliphatic rings. The Morgan fingerprint density at radius 2 is 2.29 bits per heavy atom. The summed E-state index contributed by atoms with van der Waals surface area (Å²) in [5.41, 5.74) is 0. The topological polar surface area (TPSA) is 45.2 Å². The van der Waals surface area contributed by atoms with E-state index in [1.54, 1.807) is 17.2 Å². The minimum atomic E-state index is -0.338. The molecule has 0 aliphatic carbocycles. The van der Waals surface area contributed by atoms with Crippen molar-refractivity contribution < 1.29 is 9.18 Å². The molecule has 1 amide bonds. The quantitative estimate of drug-likeness (QED) is 0.858. The van der Waals surface area contributed by atoms with Crippen molar-refractivity contribution in [3.8, 4) is 0 Å². The zero-order valence-corrected chi connectivity index (χ0v) is 9.98. The zero-order valence-electron chi connectivity index (χ0n) is 9.98. The van der Waals surface area contributed by atoms with Crippen molar-refractivity contribution in [2.45, 2.75) is 19.9 Å². The fraction of sp³-hybridized carbons (Fsp3) is 0.500. The molecule has 0 saturated carbocycles. The van der Waals surface area contributed by atoms with Gasteiger partial charge in [0, 0.05) is 25.3 Å². The lowest BCUT2D eigenvalue weighted by Gasteiger charge is -2.39. The summed E-state index contributed by atoms with van der Waals surface area (Å²) in [6.45, 7) is 4.92. The molecule has 1 N–H and O–H groups in total. The van der Waals surface area contributed by atoms with Crippen LogP contribution in [0.2, 0.25) is 0 Å². The number of hydrogen-bond acceptors (Lipinski definition) is 3. The number of nitrogens with one attached hydrogen (secondary N) is 1. The van der Waals surface area contributed by atoms with Gasteiger partial charge in [0.1, 0.15) is 0 Å². The summed E-state index contributed by atoms with van der Waals surface area (Å²) < 4.78 is 13.4. The third-order valence-corrected chi connectivity index (χ3v) is 2.72. The van der Waals surface area contributed by atoms with Gasteiger partial charge in [-0.1, -0.05) is 0 Å². The molecular formula is C12H16FN3O. The van der Waals surface area contributed by atoms with Gasteiger partial charge in [0.2, 0.25) is 5.91 Å². The molecule has 0 spiro atoms. The normalized spacial score (nSPS) is 15.9. The summed E-state index contributed by atoms with van der Waals surface area (Å²) in [5, 5.41) is 2.85. The van der Waals surface area contributed by atoms with E-state index in [9.17, 15) is 9.18 Å². The third-order valence-electron chi connectivity index (χ3n) is 2.72. The van der Waals surface area contributed by atoms with E-state index >= 15 is 0 Å². The molecule has 92 valence electrons. The molecule has 1 fully saturated rings. The van der Waals surface area contributed by atoms with Crippen molar-refractivity contribution in [3.05, 3.63) is 24.1 Å². The smallest absolute Gasteiger partial charge is 0.226 e. The first-order valence-electron chi connectivity index (χ1n) is 5.73. The molecule has 2 rings (SSSR count). The Labute approximate surface area is 99.8 Å². The Bertz CT molecular complexity index is 416. The summed E-state index contributed by atoms with van der Waals surface area (Å²) in [6, 6.07) is 3.08. The molecule has 2 heterocycles. The molecule has 4 nitrogen and oxygen atoms in total. The van der Waals surface area contributed by atoms with E-state index in [-0.39, 0.29) is 23.7 Å². The van der Waals surface area contributed by atoms with Crippen LogP contribution >= 0.6 is 0 Å². The van der Waals surface area contributed by atoms with E-state index in [4.69, 9.17) is 0 Å². The lowest BCUT2D eigenvalue weighted by atomic mass is 9.99. The van der Waals surface area contributed by atoms with Crippen LogP contribution in [0, 0.1) is 11.7 Å². The molecule has 0 aromatic carbocycles. The van der Waals surface area contributed by atoms with Crippen molar-refractivity contribution in [3.63, 3.8) is 0 Å². The average molecular weight is 237 g/mol. The highest BCUT2D eigenvalue weighted by atomic mass is 19.1. The monoisotopic (exact) mass is 237 g/mol. The highest BCUT2D eigenvalue weighted by molar-refractivity contribution is 5.82. The molecule has 0 unspecified atom stereocenters. The molecule has 1 aromatic heterocycles. The number of hydrogen-bond donors (Lipinski definition) is 1. The van der Waals surface area contributed by atoms with Crippen LogP contribution in [0.3, 0.4) is 0 Å². The standard InChI is InChI=1S/C12H16FN3O/c1-8(2)15-12(17)9-6-16(7-9)11-10(13)4-3-5-14-11/h3-5,8-9H,6-7H2,1-2H3,(H,15,17). The first-order valence-corrected chi connectivity index (χ1v) is 5.73. The molecule has 0 atom stereocenters. The van der Waals surface area contributed by atoms with Crippen LogP contribution in [0.15, 0.2) is 18.3 Å². The van der Waals surface area contributed by atoms with Crippen LogP contribution in [0.1, 0.15) is 13.8 Å². The number of nitrogens with zero attached hydrogens (tertiary/aromatic N) is 2. The van der Waals surface area contributed by atoms with Gasteiger partial charge in [0.25, 0.3) is 0 Å².